The molecule has 168 valence electrons. The number of carbonyl (C=O) groups is 1. The Hall–Kier alpha value is -3.46. The van der Waals surface area contributed by atoms with Gasteiger partial charge in [-0.25, -0.2) is 13.2 Å². The minimum absolute atomic E-state index is 0.0226. The maximum absolute atomic E-state index is 14.3. The van der Waals surface area contributed by atoms with Crippen molar-refractivity contribution in [2.24, 2.45) is 0 Å². The van der Waals surface area contributed by atoms with Crippen LogP contribution < -0.4 is 11.2 Å². The van der Waals surface area contributed by atoms with E-state index in [1.54, 1.807) is 6.92 Å². The molecular weight excluding hydrogens is 449 g/mol. The van der Waals surface area contributed by atoms with Crippen molar-refractivity contribution in [3.63, 3.8) is 0 Å². The smallest absolute Gasteiger partial charge is 0.302 e. The molecule has 3 aromatic rings. The van der Waals surface area contributed by atoms with Crippen LogP contribution in [0.5, 0.6) is 0 Å². The first kappa shape index (κ1) is 23.2. The van der Waals surface area contributed by atoms with Gasteiger partial charge in [-0.2, -0.15) is 0 Å². The van der Waals surface area contributed by atoms with Gasteiger partial charge in [-0.3, -0.25) is 9.59 Å². The van der Waals surface area contributed by atoms with Crippen molar-refractivity contribution >= 4 is 39.9 Å². The van der Waals surface area contributed by atoms with Crippen molar-refractivity contribution in [3.8, 4) is 5.69 Å². The number of pyridine rings is 1. The van der Waals surface area contributed by atoms with E-state index < -0.39 is 33.9 Å². The number of anilines is 1. The van der Waals surface area contributed by atoms with E-state index in [0.29, 0.717) is 6.07 Å². The zero-order chi connectivity index (χ0) is 23.7. The molecular formula is C22H18ClF3N2O4. The fourth-order valence-corrected chi connectivity index (χ4v) is 3.45. The van der Waals surface area contributed by atoms with Gasteiger partial charge in [-0.05, 0) is 25.1 Å². The summed E-state index contributed by atoms with van der Waals surface area (Å²) in [4.78, 5) is 24.3. The molecule has 0 aliphatic heterocycles. The lowest BCUT2D eigenvalue weighted by Gasteiger charge is -2.19. The highest BCUT2D eigenvalue weighted by atomic mass is 35.5. The summed E-state index contributed by atoms with van der Waals surface area (Å²) in [5, 5.41) is -0.944. The van der Waals surface area contributed by atoms with Gasteiger partial charge in [-0.1, -0.05) is 18.2 Å². The molecule has 0 radical (unpaired) electrons. The first-order valence-electron chi connectivity index (χ1n) is 9.33. The SMILES string of the molecule is C=C(OCC)c1cn(-c2cc(N)c(F)cc2COC(C)=O)c2c(Cl)c(F)c(F)cc2c1=O. The Morgan fingerprint density at radius 2 is 1.88 bits per heavy atom. The number of hydrogen-bond acceptors (Lipinski definition) is 5. The van der Waals surface area contributed by atoms with Crippen LogP contribution in [-0.2, 0) is 20.9 Å². The Morgan fingerprint density at radius 1 is 1.19 bits per heavy atom. The summed E-state index contributed by atoms with van der Waals surface area (Å²) in [6.07, 6.45) is 1.25. The van der Waals surface area contributed by atoms with Crippen LogP contribution in [0.15, 0.2) is 35.8 Å². The Morgan fingerprint density at radius 3 is 2.50 bits per heavy atom. The summed E-state index contributed by atoms with van der Waals surface area (Å²) in [6.45, 7) is 6.37. The average Bonchev–Trinajstić information content (AvgIpc) is 2.73. The highest BCUT2D eigenvalue weighted by Gasteiger charge is 2.22. The molecule has 0 atom stereocenters. The maximum atomic E-state index is 14.3. The van der Waals surface area contributed by atoms with Gasteiger partial charge in [0.05, 0.1) is 34.4 Å². The molecule has 0 unspecified atom stereocenters. The zero-order valence-corrected chi connectivity index (χ0v) is 17.9. The molecule has 0 bridgehead atoms. The molecule has 0 saturated carbocycles. The van der Waals surface area contributed by atoms with Crippen molar-refractivity contribution in [1.29, 1.82) is 0 Å². The molecule has 0 saturated heterocycles. The number of nitrogen functional groups attached to an aromatic ring is 1. The van der Waals surface area contributed by atoms with Crippen molar-refractivity contribution in [2.45, 2.75) is 20.5 Å². The highest BCUT2D eigenvalue weighted by molar-refractivity contribution is 6.35. The lowest BCUT2D eigenvalue weighted by atomic mass is 10.1. The molecule has 6 nitrogen and oxygen atoms in total. The topological polar surface area (TPSA) is 83.5 Å². The van der Waals surface area contributed by atoms with Crippen LogP contribution in [0.2, 0.25) is 5.02 Å². The summed E-state index contributed by atoms with van der Waals surface area (Å²) >= 11 is 6.08. The Balaban J connectivity index is 2.47. The molecule has 2 aromatic carbocycles. The summed E-state index contributed by atoms with van der Waals surface area (Å²) in [7, 11) is 0. The van der Waals surface area contributed by atoms with Crippen LogP contribution in [0.1, 0.15) is 25.0 Å². The standard InChI is InChI=1S/C22H18ClF3N2O4/c1-4-31-10(2)14-8-28(21-13(22(14)30)6-16(25)20(26)19(21)23)18-7-17(27)15(24)5-12(18)9-32-11(3)29/h5-8H,2,4,9,27H2,1,3H3. The van der Waals surface area contributed by atoms with E-state index >= 15 is 0 Å². The van der Waals surface area contributed by atoms with E-state index in [-0.39, 0.29) is 52.4 Å². The lowest BCUT2D eigenvalue weighted by molar-refractivity contribution is -0.142. The van der Waals surface area contributed by atoms with Crippen LogP contribution in [0.4, 0.5) is 18.9 Å². The number of esters is 1. The summed E-state index contributed by atoms with van der Waals surface area (Å²) in [6, 6.07) is 2.93. The molecule has 0 spiro atoms. The van der Waals surface area contributed by atoms with Gasteiger partial charge in [-0.15, -0.1) is 0 Å². The maximum Gasteiger partial charge on any atom is 0.302 e. The molecule has 1 heterocycles. The third-order valence-electron chi connectivity index (χ3n) is 4.63. The number of rotatable bonds is 6. The van der Waals surface area contributed by atoms with Crippen LogP contribution >= 0.6 is 11.6 Å². The monoisotopic (exact) mass is 466 g/mol. The largest absolute Gasteiger partial charge is 0.494 e. The van der Waals surface area contributed by atoms with Crippen LogP contribution in [0.3, 0.4) is 0 Å². The van der Waals surface area contributed by atoms with Gasteiger partial charge < -0.3 is 19.8 Å². The molecule has 0 aliphatic rings. The third-order valence-corrected chi connectivity index (χ3v) is 4.98. The van der Waals surface area contributed by atoms with E-state index in [4.69, 9.17) is 26.8 Å². The number of nitrogens with two attached hydrogens (primary N) is 1. The van der Waals surface area contributed by atoms with Crippen LogP contribution in [-0.4, -0.2) is 17.1 Å². The molecule has 3 rings (SSSR count). The van der Waals surface area contributed by atoms with Crippen molar-refractivity contribution in [3.05, 3.63) is 74.8 Å². The molecule has 0 amide bonds. The number of ether oxygens (including phenoxy) is 2. The van der Waals surface area contributed by atoms with Crippen LogP contribution in [0.25, 0.3) is 22.3 Å². The minimum atomic E-state index is -1.37. The second kappa shape index (κ2) is 8.96. The van der Waals surface area contributed by atoms with Gasteiger partial charge in [0.1, 0.15) is 23.2 Å². The van der Waals surface area contributed by atoms with E-state index in [1.165, 1.54) is 23.8 Å². The van der Waals surface area contributed by atoms with Gasteiger partial charge >= 0.3 is 5.97 Å². The normalized spacial score (nSPS) is 10.9. The molecule has 1 aromatic heterocycles. The molecule has 32 heavy (non-hydrogen) atoms. The number of nitrogens with zero attached hydrogens (tertiary/aromatic N) is 1. The van der Waals surface area contributed by atoms with E-state index in [9.17, 15) is 22.8 Å². The first-order valence-corrected chi connectivity index (χ1v) is 9.71. The quantitative estimate of drug-likeness (QED) is 0.246. The number of carbonyl (C=O) groups excluding carboxylic acids is 1. The number of benzene rings is 2. The molecule has 0 aliphatic carbocycles. The Bertz CT molecular complexity index is 1320. The van der Waals surface area contributed by atoms with E-state index in [1.807, 2.05) is 0 Å². The van der Waals surface area contributed by atoms with E-state index in [2.05, 4.69) is 6.58 Å². The van der Waals surface area contributed by atoms with Gasteiger partial charge in [0.15, 0.2) is 11.6 Å². The Labute approximate surface area is 185 Å². The minimum Gasteiger partial charge on any atom is -0.494 e. The summed E-state index contributed by atoms with van der Waals surface area (Å²) < 4.78 is 54.2. The zero-order valence-electron chi connectivity index (χ0n) is 17.1. The molecule has 10 heteroatoms. The fourth-order valence-electron chi connectivity index (χ4n) is 3.17. The predicted molar refractivity (Wildman–Crippen MR) is 115 cm³/mol. The number of fused-ring (bicyclic) bond motifs is 1. The number of halogens is 4. The summed E-state index contributed by atoms with van der Waals surface area (Å²) in [5.41, 5.74) is 4.74. The molecule has 0 fully saturated rings. The average molecular weight is 467 g/mol. The first-order chi connectivity index (χ1) is 15.1. The van der Waals surface area contributed by atoms with E-state index in [0.717, 1.165) is 6.07 Å². The van der Waals surface area contributed by atoms with Crippen molar-refractivity contribution in [2.75, 3.05) is 12.3 Å². The summed E-state index contributed by atoms with van der Waals surface area (Å²) in [5.74, 6) is -4.15. The highest BCUT2D eigenvalue weighted by Crippen LogP contribution is 2.33. The van der Waals surface area contributed by atoms with Crippen molar-refractivity contribution in [1.82, 2.24) is 4.57 Å². The number of aromatic nitrogens is 1. The lowest BCUT2D eigenvalue weighted by Crippen LogP contribution is -2.17. The van der Waals surface area contributed by atoms with Crippen molar-refractivity contribution < 1.29 is 27.4 Å². The van der Waals surface area contributed by atoms with Crippen LogP contribution in [0, 0.1) is 17.5 Å². The second-order valence-corrected chi connectivity index (χ2v) is 7.14. The number of hydrogen-bond donors (Lipinski definition) is 1. The second-order valence-electron chi connectivity index (χ2n) is 6.76. The third kappa shape index (κ3) is 4.16. The van der Waals surface area contributed by atoms with Gasteiger partial charge in [0, 0.05) is 18.7 Å². The van der Waals surface area contributed by atoms with Gasteiger partial charge in [0.25, 0.3) is 0 Å². The molecule has 2 N–H and O–H groups in total. The Kier molecular flexibility index (Phi) is 6.50. The fraction of sp³-hybridized carbons (Fsp3) is 0.182. The predicted octanol–water partition coefficient (Wildman–Crippen LogP) is 4.71. The van der Waals surface area contributed by atoms with Gasteiger partial charge in [0.2, 0.25) is 5.43 Å².